The van der Waals surface area contributed by atoms with Crippen LogP contribution < -0.4 is 0 Å². The van der Waals surface area contributed by atoms with Crippen LogP contribution in [0.2, 0.25) is 0 Å². The van der Waals surface area contributed by atoms with Gasteiger partial charge in [0.25, 0.3) is 0 Å². The van der Waals surface area contributed by atoms with Crippen molar-refractivity contribution < 1.29 is 24.0 Å². The third-order valence-electron chi connectivity index (χ3n) is 6.43. The van der Waals surface area contributed by atoms with Crippen molar-refractivity contribution in [3.63, 3.8) is 0 Å². The van der Waals surface area contributed by atoms with Gasteiger partial charge in [-0.2, -0.15) is 0 Å². The predicted octanol–water partition coefficient (Wildman–Crippen LogP) is 3.23. The summed E-state index contributed by atoms with van der Waals surface area (Å²) in [7, 11) is 0. The molecule has 5 aliphatic rings. The molecule has 0 aromatic heterocycles. The molecule has 1 spiro atoms. The molecule has 0 amide bonds. The minimum atomic E-state index is -0.700. The normalized spacial score (nSPS) is 57.3. The van der Waals surface area contributed by atoms with E-state index < -0.39 is 11.4 Å². The van der Waals surface area contributed by atoms with E-state index in [1.54, 1.807) is 0 Å². The van der Waals surface area contributed by atoms with E-state index in [0.717, 1.165) is 19.3 Å². The van der Waals surface area contributed by atoms with E-state index in [2.05, 4.69) is 13.8 Å². The molecule has 8 atom stereocenters. The fourth-order valence-electron chi connectivity index (χ4n) is 5.23. The summed E-state index contributed by atoms with van der Waals surface area (Å²) in [5.41, 5.74) is -0.472. The summed E-state index contributed by atoms with van der Waals surface area (Å²) in [4.78, 5) is 11.9. The fourth-order valence-corrected chi connectivity index (χ4v) is 5.23. The average Bonchev–Trinajstić information content (AvgIpc) is 2.71. The van der Waals surface area contributed by atoms with Crippen LogP contribution in [-0.4, -0.2) is 30.6 Å². The molecule has 126 valence electrons. The van der Waals surface area contributed by atoms with Crippen molar-refractivity contribution in [1.29, 1.82) is 0 Å². The molecular weight excluding hydrogens is 284 g/mol. The molecule has 4 heterocycles. The fraction of sp³-hybridized carbons (Fsp3) is 1.00. The van der Waals surface area contributed by atoms with Crippen LogP contribution in [0, 0.1) is 23.7 Å². The highest BCUT2D eigenvalue weighted by Gasteiger charge is 2.69. The van der Waals surface area contributed by atoms with Gasteiger partial charge in [0.15, 0.2) is 18.2 Å². The van der Waals surface area contributed by atoms with E-state index in [-0.39, 0.29) is 18.5 Å². The Bertz CT molecular complexity index is 443. The molecular formula is C17H28O5. The van der Waals surface area contributed by atoms with Gasteiger partial charge in [-0.15, -0.1) is 0 Å². The molecule has 0 N–H and O–H groups in total. The molecule has 0 radical (unpaired) electrons. The molecule has 0 aromatic carbocycles. The summed E-state index contributed by atoms with van der Waals surface area (Å²) in [6, 6.07) is 0. The Hall–Kier alpha value is -0.200. The van der Waals surface area contributed by atoms with Gasteiger partial charge in [-0.05, 0) is 44.9 Å². The minimum Gasteiger partial charge on any atom is -0.353 e. The zero-order chi connectivity index (χ0) is 15.5. The van der Waals surface area contributed by atoms with Crippen molar-refractivity contribution in [1.82, 2.24) is 0 Å². The van der Waals surface area contributed by atoms with Crippen molar-refractivity contribution in [3.8, 4) is 0 Å². The SMILES string of the molecule is CCO[C@H]1O[C@H]2O[C@@]3(C)CC[C@H]4[C@H](C)CC[C@@H]([C@H]1C)[C@]24OO3. The molecule has 5 nitrogen and oxygen atoms in total. The topological polar surface area (TPSA) is 46.2 Å². The predicted molar refractivity (Wildman–Crippen MR) is 78.5 cm³/mol. The summed E-state index contributed by atoms with van der Waals surface area (Å²) in [6.07, 6.45) is 3.66. The Morgan fingerprint density at radius 1 is 1.09 bits per heavy atom. The molecule has 2 bridgehead atoms. The van der Waals surface area contributed by atoms with E-state index in [1.165, 1.54) is 6.42 Å². The molecule has 4 saturated heterocycles. The average molecular weight is 312 g/mol. The second-order valence-electron chi connectivity index (χ2n) is 7.73. The second kappa shape index (κ2) is 5.15. The maximum absolute atomic E-state index is 6.25. The van der Waals surface area contributed by atoms with Crippen LogP contribution in [0.4, 0.5) is 0 Å². The maximum atomic E-state index is 6.25. The Morgan fingerprint density at radius 3 is 2.68 bits per heavy atom. The lowest BCUT2D eigenvalue weighted by atomic mass is 9.58. The number of fused-ring (bicyclic) bond motifs is 2. The first-order chi connectivity index (χ1) is 10.5. The maximum Gasteiger partial charge on any atom is 0.201 e. The highest BCUT2D eigenvalue weighted by Crippen LogP contribution is 2.60. The summed E-state index contributed by atoms with van der Waals surface area (Å²) < 4.78 is 18.3. The standard InChI is InChI=1S/C17H28O5/c1-5-18-14-11(3)13-7-6-10(2)12-8-9-16(4)20-15(19-14)17(12,13)22-21-16/h10-15H,5-9H2,1-4H3/t10-,11-,12+,13+,14+,15+,16-,17+/m1/s1. The zero-order valence-corrected chi connectivity index (χ0v) is 14.0. The van der Waals surface area contributed by atoms with E-state index in [0.29, 0.717) is 24.4 Å². The number of ether oxygens (including phenoxy) is 3. The molecule has 5 rings (SSSR count). The number of hydrogen-bond donors (Lipinski definition) is 0. The van der Waals surface area contributed by atoms with Crippen molar-refractivity contribution in [2.75, 3.05) is 6.61 Å². The van der Waals surface area contributed by atoms with Gasteiger partial charge in [-0.3, -0.25) is 0 Å². The molecule has 0 aromatic rings. The lowest BCUT2D eigenvalue weighted by Gasteiger charge is -2.60. The van der Waals surface area contributed by atoms with Gasteiger partial charge in [-0.1, -0.05) is 13.8 Å². The van der Waals surface area contributed by atoms with Crippen LogP contribution in [0.1, 0.15) is 53.4 Å². The molecule has 4 aliphatic heterocycles. The molecule has 0 unspecified atom stereocenters. The zero-order valence-electron chi connectivity index (χ0n) is 14.0. The lowest BCUT2D eigenvalue weighted by Crippen LogP contribution is -2.70. The minimum absolute atomic E-state index is 0.216. The van der Waals surface area contributed by atoms with Crippen molar-refractivity contribution in [2.24, 2.45) is 23.7 Å². The van der Waals surface area contributed by atoms with Gasteiger partial charge in [0, 0.05) is 24.9 Å². The van der Waals surface area contributed by atoms with Crippen LogP contribution in [0.5, 0.6) is 0 Å². The van der Waals surface area contributed by atoms with Crippen LogP contribution >= 0.6 is 0 Å². The quantitative estimate of drug-likeness (QED) is 0.733. The van der Waals surface area contributed by atoms with Gasteiger partial charge in [0.05, 0.1) is 0 Å². The van der Waals surface area contributed by atoms with Crippen molar-refractivity contribution >= 4 is 0 Å². The molecule has 5 fully saturated rings. The van der Waals surface area contributed by atoms with E-state index in [4.69, 9.17) is 24.0 Å². The van der Waals surface area contributed by atoms with Crippen molar-refractivity contribution in [3.05, 3.63) is 0 Å². The smallest absolute Gasteiger partial charge is 0.201 e. The molecule has 1 saturated carbocycles. The van der Waals surface area contributed by atoms with Crippen LogP contribution in [0.15, 0.2) is 0 Å². The van der Waals surface area contributed by atoms with Crippen LogP contribution in [-0.2, 0) is 24.0 Å². The highest BCUT2D eigenvalue weighted by atomic mass is 17.3. The molecule has 1 aliphatic carbocycles. The third kappa shape index (κ3) is 1.96. The first-order valence-corrected chi connectivity index (χ1v) is 8.82. The first kappa shape index (κ1) is 15.3. The lowest BCUT2D eigenvalue weighted by molar-refractivity contribution is -0.577. The van der Waals surface area contributed by atoms with Crippen LogP contribution in [0.25, 0.3) is 0 Å². The van der Waals surface area contributed by atoms with Gasteiger partial charge >= 0.3 is 0 Å². The Balaban J connectivity index is 1.75. The van der Waals surface area contributed by atoms with Gasteiger partial charge in [0.2, 0.25) is 5.79 Å². The van der Waals surface area contributed by atoms with E-state index >= 15 is 0 Å². The Kier molecular flexibility index (Phi) is 3.59. The Labute approximate surface area is 132 Å². The molecule has 22 heavy (non-hydrogen) atoms. The number of hydrogen-bond acceptors (Lipinski definition) is 5. The monoisotopic (exact) mass is 312 g/mol. The van der Waals surface area contributed by atoms with E-state index in [9.17, 15) is 0 Å². The van der Waals surface area contributed by atoms with Crippen LogP contribution in [0.3, 0.4) is 0 Å². The van der Waals surface area contributed by atoms with Gasteiger partial charge < -0.3 is 14.2 Å². The third-order valence-corrected chi connectivity index (χ3v) is 6.43. The van der Waals surface area contributed by atoms with E-state index in [1.807, 2.05) is 13.8 Å². The number of rotatable bonds is 2. The Morgan fingerprint density at radius 2 is 1.91 bits per heavy atom. The summed E-state index contributed by atoms with van der Waals surface area (Å²) in [5.74, 6) is 0.957. The van der Waals surface area contributed by atoms with Gasteiger partial charge in [-0.25, -0.2) is 9.78 Å². The molecule has 5 heteroatoms. The first-order valence-electron chi connectivity index (χ1n) is 8.82. The second-order valence-corrected chi connectivity index (χ2v) is 7.73. The largest absolute Gasteiger partial charge is 0.353 e. The summed E-state index contributed by atoms with van der Waals surface area (Å²) in [6.45, 7) is 9.15. The summed E-state index contributed by atoms with van der Waals surface area (Å²) in [5, 5.41) is 0. The summed E-state index contributed by atoms with van der Waals surface area (Å²) >= 11 is 0. The van der Waals surface area contributed by atoms with Crippen molar-refractivity contribution in [2.45, 2.75) is 77.3 Å². The van der Waals surface area contributed by atoms with Gasteiger partial charge in [0.1, 0.15) is 0 Å². The highest BCUT2D eigenvalue weighted by molar-refractivity contribution is 5.09.